The van der Waals surface area contributed by atoms with Crippen LogP contribution in [0.3, 0.4) is 0 Å². The van der Waals surface area contributed by atoms with Gasteiger partial charge in [0.25, 0.3) is 10.0 Å². The first kappa shape index (κ1) is 15.3. The van der Waals surface area contributed by atoms with Crippen LogP contribution in [0.25, 0.3) is 0 Å². The molecular formula is C15H19N3O2S. The third-order valence-electron chi connectivity index (χ3n) is 3.28. The Kier molecular flexibility index (Phi) is 4.18. The molecule has 2 aromatic rings. The van der Waals surface area contributed by atoms with Gasteiger partial charge in [-0.2, -0.15) is 0 Å². The predicted octanol–water partition coefficient (Wildman–Crippen LogP) is 2.85. The lowest BCUT2D eigenvalue weighted by Crippen LogP contribution is -2.16. The highest BCUT2D eigenvalue weighted by Gasteiger charge is 2.20. The van der Waals surface area contributed by atoms with Gasteiger partial charge in [-0.1, -0.05) is 0 Å². The first-order chi connectivity index (χ1) is 9.85. The van der Waals surface area contributed by atoms with Crippen LogP contribution < -0.4 is 10.0 Å². The summed E-state index contributed by atoms with van der Waals surface area (Å²) in [6.07, 6.45) is 3.19. The van der Waals surface area contributed by atoms with Crippen LogP contribution in [0.2, 0.25) is 0 Å². The Bertz CT molecular complexity index is 747. The average Bonchev–Trinajstić information content (AvgIpc) is 2.40. The summed E-state index contributed by atoms with van der Waals surface area (Å²) in [4.78, 5) is 4.28. The molecule has 0 fully saturated rings. The smallest absolute Gasteiger partial charge is 0.262 e. The largest absolute Gasteiger partial charge is 0.388 e. The molecule has 0 atom stereocenters. The van der Waals surface area contributed by atoms with Gasteiger partial charge in [-0.05, 0) is 55.7 Å². The molecule has 0 aliphatic rings. The van der Waals surface area contributed by atoms with E-state index in [1.807, 2.05) is 19.1 Å². The van der Waals surface area contributed by atoms with E-state index in [0.717, 1.165) is 11.3 Å². The van der Waals surface area contributed by atoms with Crippen LogP contribution in [0.1, 0.15) is 16.7 Å². The van der Waals surface area contributed by atoms with E-state index in [-0.39, 0.29) is 0 Å². The lowest BCUT2D eigenvalue weighted by molar-refractivity contribution is 0.600. The van der Waals surface area contributed by atoms with Gasteiger partial charge in [0.05, 0.1) is 10.6 Å². The fourth-order valence-electron chi connectivity index (χ4n) is 2.30. The number of anilines is 2. The second-order valence-electron chi connectivity index (χ2n) is 4.99. The first-order valence-corrected chi connectivity index (χ1v) is 8.06. The zero-order valence-corrected chi connectivity index (χ0v) is 13.4. The molecular weight excluding hydrogens is 286 g/mol. The number of aromatic nitrogens is 1. The maximum atomic E-state index is 12.6. The Hall–Kier alpha value is -2.08. The molecule has 1 aromatic carbocycles. The van der Waals surface area contributed by atoms with E-state index in [1.165, 1.54) is 0 Å². The quantitative estimate of drug-likeness (QED) is 0.911. The highest BCUT2D eigenvalue weighted by molar-refractivity contribution is 7.92. The molecule has 6 heteroatoms. The van der Waals surface area contributed by atoms with Crippen LogP contribution in [0.15, 0.2) is 35.5 Å². The summed E-state index contributed by atoms with van der Waals surface area (Å²) < 4.78 is 27.9. The molecule has 0 saturated heterocycles. The zero-order valence-electron chi connectivity index (χ0n) is 12.6. The second-order valence-corrected chi connectivity index (χ2v) is 6.60. The molecule has 0 unspecified atom stereocenters. The number of nitrogens with zero attached hydrogens (tertiary/aromatic N) is 1. The summed E-state index contributed by atoms with van der Waals surface area (Å²) in [5.74, 6) is 0. The highest BCUT2D eigenvalue weighted by atomic mass is 32.2. The summed E-state index contributed by atoms with van der Waals surface area (Å²) in [5, 5.41) is 3.02. The molecule has 0 aliphatic heterocycles. The average molecular weight is 305 g/mol. The van der Waals surface area contributed by atoms with Crippen LogP contribution in [0, 0.1) is 20.8 Å². The minimum atomic E-state index is -3.63. The lowest BCUT2D eigenvalue weighted by atomic mass is 10.1. The van der Waals surface area contributed by atoms with E-state index in [1.54, 1.807) is 39.4 Å². The van der Waals surface area contributed by atoms with Crippen molar-refractivity contribution >= 4 is 21.4 Å². The fourth-order valence-corrected chi connectivity index (χ4v) is 3.89. The van der Waals surface area contributed by atoms with Crippen LogP contribution in [-0.4, -0.2) is 20.4 Å². The highest BCUT2D eigenvalue weighted by Crippen LogP contribution is 2.26. The lowest BCUT2D eigenvalue weighted by Gasteiger charge is -2.15. The zero-order chi connectivity index (χ0) is 15.6. The summed E-state index contributed by atoms with van der Waals surface area (Å²) in [6.45, 7) is 5.40. The molecule has 5 nitrogen and oxygen atoms in total. The van der Waals surface area contributed by atoms with E-state index in [0.29, 0.717) is 21.7 Å². The van der Waals surface area contributed by atoms with Crippen molar-refractivity contribution in [3.8, 4) is 0 Å². The van der Waals surface area contributed by atoms with Gasteiger partial charge in [-0.25, -0.2) is 8.42 Å². The molecule has 21 heavy (non-hydrogen) atoms. The van der Waals surface area contributed by atoms with E-state index >= 15 is 0 Å². The number of benzene rings is 1. The van der Waals surface area contributed by atoms with Crippen molar-refractivity contribution < 1.29 is 8.42 Å². The molecule has 0 amide bonds. The van der Waals surface area contributed by atoms with Crippen molar-refractivity contribution in [1.29, 1.82) is 0 Å². The van der Waals surface area contributed by atoms with Crippen LogP contribution in [-0.2, 0) is 10.0 Å². The maximum absolute atomic E-state index is 12.6. The summed E-state index contributed by atoms with van der Waals surface area (Å²) in [5.41, 5.74) is 3.63. The van der Waals surface area contributed by atoms with Gasteiger partial charge in [-0.15, -0.1) is 0 Å². The Balaban J connectivity index is 2.48. The van der Waals surface area contributed by atoms with Gasteiger partial charge in [0, 0.05) is 25.1 Å². The Morgan fingerprint density at radius 1 is 1.05 bits per heavy atom. The monoisotopic (exact) mass is 305 g/mol. The van der Waals surface area contributed by atoms with E-state index in [4.69, 9.17) is 0 Å². The topological polar surface area (TPSA) is 71.1 Å². The Morgan fingerprint density at radius 3 is 2.19 bits per heavy atom. The molecule has 0 aliphatic carbocycles. The predicted molar refractivity (Wildman–Crippen MR) is 85.2 cm³/mol. The number of hydrogen-bond acceptors (Lipinski definition) is 4. The van der Waals surface area contributed by atoms with Crippen molar-refractivity contribution in [3.63, 3.8) is 0 Å². The molecule has 0 radical (unpaired) electrons. The number of nitrogens with one attached hydrogen (secondary N) is 2. The molecule has 1 heterocycles. The Morgan fingerprint density at radius 2 is 1.67 bits per heavy atom. The maximum Gasteiger partial charge on any atom is 0.262 e. The minimum Gasteiger partial charge on any atom is -0.388 e. The number of rotatable bonds is 4. The van der Waals surface area contributed by atoms with Gasteiger partial charge in [0.2, 0.25) is 0 Å². The van der Waals surface area contributed by atoms with Crippen molar-refractivity contribution in [2.45, 2.75) is 25.7 Å². The van der Waals surface area contributed by atoms with E-state index in [2.05, 4.69) is 15.0 Å². The SMILES string of the molecule is CNc1cc(C)c(S(=O)(=O)Nc2ccncc2C)c(C)c1. The van der Waals surface area contributed by atoms with Crippen molar-refractivity contribution in [2.24, 2.45) is 0 Å². The van der Waals surface area contributed by atoms with Crippen LogP contribution in [0.5, 0.6) is 0 Å². The minimum absolute atomic E-state index is 0.317. The van der Waals surface area contributed by atoms with E-state index in [9.17, 15) is 8.42 Å². The number of hydrogen-bond donors (Lipinski definition) is 2. The Labute approximate surface area is 125 Å². The molecule has 2 N–H and O–H groups in total. The fraction of sp³-hybridized carbons (Fsp3) is 0.267. The number of pyridine rings is 1. The third kappa shape index (κ3) is 3.16. The standard InChI is InChI=1S/C15H19N3O2S/c1-10-7-13(16-4)8-11(2)15(10)21(19,20)18-14-5-6-17-9-12(14)3/h5-9,16H,1-4H3,(H,17,18). The first-order valence-electron chi connectivity index (χ1n) is 6.57. The molecule has 112 valence electrons. The van der Waals surface area contributed by atoms with Crippen molar-refractivity contribution in [2.75, 3.05) is 17.1 Å². The van der Waals surface area contributed by atoms with Gasteiger partial charge >= 0.3 is 0 Å². The van der Waals surface area contributed by atoms with Crippen molar-refractivity contribution in [1.82, 2.24) is 4.98 Å². The second kappa shape index (κ2) is 5.73. The van der Waals surface area contributed by atoms with Gasteiger partial charge < -0.3 is 5.32 Å². The summed E-state index contributed by atoms with van der Waals surface area (Å²) >= 11 is 0. The molecule has 0 spiro atoms. The van der Waals surface area contributed by atoms with Crippen molar-refractivity contribution in [3.05, 3.63) is 47.3 Å². The van der Waals surface area contributed by atoms with Crippen LogP contribution in [0.4, 0.5) is 11.4 Å². The van der Waals surface area contributed by atoms with Gasteiger partial charge in [0.1, 0.15) is 0 Å². The summed E-state index contributed by atoms with van der Waals surface area (Å²) in [7, 11) is -1.82. The molecule has 0 bridgehead atoms. The number of sulfonamides is 1. The van der Waals surface area contributed by atoms with Gasteiger partial charge in [-0.3, -0.25) is 9.71 Å². The third-order valence-corrected chi connectivity index (χ3v) is 4.95. The van der Waals surface area contributed by atoms with Crippen LogP contribution >= 0.6 is 0 Å². The molecule has 1 aromatic heterocycles. The molecule has 0 saturated carbocycles. The van der Waals surface area contributed by atoms with E-state index < -0.39 is 10.0 Å². The summed E-state index contributed by atoms with van der Waals surface area (Å²) in [6, 6.07) is 5.29. The number of aryl methyl sites for hydroxylation is 3. The normalized spacial score (nSPS) is 11.2. The molecule has 2 rings (SSSR count). The van der Waals surface area contributed by atoms with Gasteiger partial charge in [0.15, 0.2) is 0 Å².